The molecule has 1 aliphatic rings. The molecule has 0 saturated carbocycles. The van der Waals surface area contributed by atoms with E-state index in [4.69, 9.17) is 0 Å². The Kier molecular flexibility index (Phi) is 2.88. The predicted molar refractivity (Wildman–Crippen MR) is 71.0 cm³/mol. The van der Waals surface area contributed by atoms with Gasteiger partial charge < -0.3 is 4.42 Å². The molecule has 88 valence electrons. The lowest BCUT2D eigenvalue weighted by atomic mass is 9.93. The molecule has 0 atom stereocenters. The average molecular weight is 236 g/mol. The van der Waals surface area contributed by atoms with Gasteiger partial charge in [0, 0.05) is 0 Å². The molecule has 1 heterocycles. The van der Waals surface area contributed by atoms with Gasteiger partial charge in [-0.05, 0) is 28.3 Å². The second kappa shape index (κ2) is 4.84. The first-order valence-corrected chi connectivity index (χ1v) is 5.81. The lowest BCUT2D eigenvalue weighted by molar-refractivity contribution is 0.553. The van der Waals surface area contributed by atoms with Crippen molar-refractivity contribution >= 4 is 16.8 Å². The van der Waals surface area contributed by atoms with E-state index in [1.165, 1.54) is 34.7 Å². The second-order valence-corrected chi connectivity index (χ2v) is 4.05. The molecule has 0 N–H and O–H groups in total. The van der Waals surface area contributed by atoms with E-state index in [2.05, 4.69) is 63.2 Å². The quantitative estimate of drug-likeness (QED) is 0.599. The molecule has 3 nitrogen and oxygen atoms in total. The van der Waals surface area contributed by atoms with Crippen molar-refractivity contribution in [2.45, 2.75) is 6.42 Å². The van der Waals surface area contributed by atoms with Crippen LogP contribution in [0.5, 0.6) is 0 Å². The standard InChI is InChI=1S/C13H10.C2H2N2O/c1-4-10-6-2-8-12-9-3-7-11(5-1)13(10)12;1-3-4-2-5-1/h1-8H,9H2;1-2H. The molecule has 4 rings (SSSR count). The lowest BCUT2D eigenvalue weighted by Crippen LogP contribution is -1.91. The molecular formula is C15H12N2O. The van der Waals surface area contributed by atoms with Gasteiger partial charge in [-0.15, -0.1) is 10.2 Å². The summed E-state index contributed by atoms with van der Waals surface area (Å²) in [6.07, 6.45) is 8.06. The third-order valence-electron chi connectivity index (χ3n) is 2.94. The molecule has 0 radical (unpaired) electrons. The summed E-state index contributed by atoms with van der Waals surface area (Å²) in [6, 6.07) is 13.0. The lowest BCUT2D eigenvalue weighted by Gasteiger charge is -2.11. The first-order valence-electron chi connectivity index (χ1n) is 5.81. The van der Waals surface area contributed by atoms with Gasteiger partial charge in [-0.2, -0.15) is 0 Å². The van der Waals surface area contributed by atoms with Crippen molar-refractivity contribution in [2.24, 2.45) is 0 Å². The molecule has 0 spiro atoms. The van der Waals surface area contributed by atoms with Gasteiger partial charge in [0.2, 0.25) is 12.8 Å². The van der Waals surface area contributed by atoms with Gasteiger partial charge in [0.1, 0.15) is 0 Å². The van der Waals surface area contributed by atoms with E-state index in [0.29, 0.717) is 0 Å². The Morgan fingerprint density at radius 2 is 1.72 bits per heavy atom. The number of rotatable bonds is 0. The number of hydrogen-bond donors (Lipinski definition) is 0. The Morgan fingerprint density at radius 3 is 2.44 bits per heavy atom. The number of benzene rings is 2. The molecule has 0 amide bonds. The highest BCUT2D eigenvalue weighted by atomic mass is 16.3. The van der Waals surface area contributed by atoms with Gasteiger partial charge >= 0.3 is 0 Å². The van der Waals surface area contributed by atoms with Crippen LogP contribution in [0.4, 0.5) is 0 Å². The molecule has 2 aromatic carbocycles. The molecule has 3 aromatic rings. The third-order valence-corrected chi connectivity index (χ3v) is 2.94. The molecule has 0 fully saturated rings. The van der Waals surface area contributed by atoms with Gasteiger partial charge in [0.05, 0.1) is 0 Å². The van der Waals surface area contributed by atoms with Crippen LogP contribution in [0.25, 0.3) is 16.8 Å². The maximum Gasteiger partial charge on any atom is 0.203 e. The highest BCUT2D eigenvalue weighted by Gasteiger charge is 2.06. The number of allylic oxidation sites excluding steroid dienone is 1. The summed E-state index contributed by atoms with van der Waals surface area (Å²) in [5.74, 6) is 0. The summed E-state index contributed by atoms with van der Waals surface area (Å²) in [5, 5.41) is 9.41. The smallest absolute Gasteiger partial charge is 0.203 e. The normalized spacial score (nSPS) is 12.0. The van der Waals surface area contributed by atoms with Crippen LogP contribution in [0.3, 0.4) is 0 Å². The summed E-state index contributed by atoms with van der Waals surface area (Å²) in [4.78, 5) is 0. The van der Waals surface area contributed by atoms with Crippen LogP contribution in [0.15, 0.2) is 59.7 Å². The van der Waals surface area contributed by atoms with E-state index in [0.717, 1.165) is 6.42 Å². The zero-order chi connectivity index (χ0) is 12.2. The fourth-order valence-corrected chi connectivity index (χ4v) is 2.21. The largest absolute Gasteiger partial charge is 0.431 e. The molecule has 0 saturated heterocycles. The molecule has 1 aliphatic carbocycles. The highest BCUT2D eigenvalue weighted by molar-refractivity contribution is 5.94. The van der Waals surface area contributed by atoms with E-state index in [1.807, 2.05) is 0 Å². The Morgan fingerprint density at radius 1 is 0.944 bits per heavy atom. The average Bonchev–Trinajstić information content (AvgIpc) is 2.99. The van der Waals surface area contributed by atoms with Crippen LogP contribution in [0.1, 0.15) is 11.1 Å². The Bertz CT molecular complexity index is 650. The van der Waals surface area contributed by atoms with Gasteiger partial charge in [0.25, 0.3) is 0 Å². The fourth-order valence-electron chi connectivity index (χ4n) is 2.21. The summed E-state index contributed by atoms with van der Waals surface area (Å²) in [6.45, 7) is 0. The minimum absolute atomic E-state index is 1.08. The fraction of sp³-hybridized carbons (Fsp3) is 0.0667. The molecule has 1 aromatic heterocycles. The summed E-state index contributed by atoms with van der Waals surface area (Å²) >= 11 is 0. The molecular weight excluding hydrogens is 224 g/mol. The zero-order valence-corrected chi connectivity index (χ0v) is 9.78. The monoisotopic (exact) mass is 236 g/mol. The second-order valence-electron chi connectivity index (χ2n) is 4.05. The van der Waals surface area contributed by atoms with Gasteiger partial charge in [-0.1, -0.05) is 48.6 Å². The van der Waals surface area contributed by atoms with Crippen LogP contribution in [0, 0.1) is 0 Å². The SMILES string of the molecule is C1=Cc2cccc3cccc(c23)C1.c1nnco1. The maximum absolute atomic E-state index is 4.36. The first kappa shape index (κ1) is 10.7. The number of aromatic nitrogens is 2. The van der Waals surface area contributed by atoms with Gasteiger partial charge in [0.15, 0.2) is 0 Å². The Hall–Kier alpha value is -2.42. The van der Waals surface area contributed by atoms with Crippen molar-refractivity contribution in [3.05, 3.63) is 66.4 Å². The summed E-state index contributed by atoms with van der Waals surface area (Å²) < 4.78 is 4.36. The van der Waals surface area contributed by atoms with Crippen molar-refractivity contribution in [1.82, 2.24) is 10.2 Å². The highest BCUT2D eigenvalue weighted by Crippen LogP contribution is 2.27. The predicted octanol–water partition coefficient (Wildman–Crippen LogP) is 3.48. The summed E-state index contributed by atoms with van der Waals surface area (Å²) in [5.41, 5.74) is 2.81. The zero-order valence-electron chi connectivity index (χ0n) is 9.78. The van der Waals surface area contributed by atoms with Crippen LogP contribution in [-0.2, 0) is 6.42 Å². The molecule has 18 heavy (non-hydrogen) atoms. The van der Waals surface area contributed by atoms with E-state index < -0.39 is 0 Å². The molecule has 3 heteroatoms. The minimum Gasteiger partial charge on any atom is -0.431 e. The van der Waals surface area contributed by atoms with Crippen molar-refractivity contribution in [2.75, 3.05) is 0 Å². The Labute approximate surface area is 105 Å². The van der Waals surface area contributed by atoms with E-state index in [-0.39, 0.29) is 0 Å². The number of nitrogens with zero attached hydrogens (tertiary/aromatic N) is 2. The van der Waals surface area contributed by atoms with Crippen molar-refractivity contribution in [3.63, 3.8) is 0 Å². The van der Waals surface area contributed by atoms with Crippen molar-refractivity contribution < 1.29 is 4.42 Å². The molecule has 0 aliphatic heterocycles. The van der Waals surface area contributed by atoms with Crippen molar-refractivity contribution in [1.29, 1.82) is 0 Å². The molecule has 0 unspecified atom stereocenters. The van der Waals surface area contributed by atoms with Crippen LogP contribution in [-0.4, -0.2) is 10.2 Å². The Balaban J connectivity index is 0.000000169. The van der Waals surface area contributed by atoms with Crippen LogP contribution >= 0.6 is 0 Å². The first-order chi connectivity index (χ1) is 8.95. The van der Waals surface area contributed by atoms with E-state index >= 15 is 0 Å². The third kappa shape index (κ3) is 2.02. The summed E-state index contributed by atoms with van der Waals surface area (Å²) in [7, 11) is 0. The van der Waals surface area contributed by atoms with E-state index in [9.17, 15) is 0 Å². The topological polar surface area (TPSA) is 38.9 Å². The van der Waals surface area contributed by atoms with Crippen LogP contribution < -0.4 is 0 Å². The number of hydrogen-bond acceptors (Lipinski definition) is 3. The molecule has 0 bridgehead atoms. The van der Waals surface area contributed by atoms with E-state index in [1.54, 1.807) is 0 Å². The van der Waals surface area contributed by atoms with Gasteiger partial charge in [-0.3, -0.25) is 0 Å². The maximum atomic E-state index is 4.36. The van der Waals surface area contributed by atoms with Gasteiger partial charge in [-0.25, -0.2) is 0 Å². The van der Waals surface area contributed by atoms with Crippen molar-refractivity contribution in [3.8, 4) is 0 Å². The van der Waals surface area contributed by atoms with Crippen LogP contribution in [0.2, 0.25) is 0 Å². The minimum atomic E-state index is 1.08.